The average Bonchev–Trinajstić information content (AvgIpc) is 2.11. The Morgan fingerprint density at radius 3 is 2.35 bits per heavy atom. The molecule has 0 radical (unpaired) electrons. The van der Waals surface area contributed by atoms with E-state index in [4.69, 9.17) is 5.73 Å². The van der Waals surface area contributed by atoms with Crippen LogP contribution in [0.25, 0.3) is 0 Å². The third-order valence-corrected chi connectivity index (χ3v) is 1.97. The van der Waals surface area contributed by atoms with Gasteiger partial charge in [-0.25, -0.2) is 13.8 Å². The van der Waals surface area contributed by atoms with Crippen molar-refractivity contribution in [2.24, 2.45) is 10.7 Å². The predicted octanol–water partition coefficient (Wildman–Crippen LogP) is 2.80. The molecule has 3 N–H and O–H groups in total. The third kappa shape index (κ3) is 4.01. The van der Waals surface area contributed by atoms with Crippen LogP contribution in [0.15, 0.2) is 17.1 Å². The Bertz CT molecular complexity index is 448. The molecule has 0 heterocycles. The summed E-state index contributed by atoms with van der Waals surface area (Å²) in [6.07, 6.45) is 0. The fourth-order valence-electron chi connectivity index (χ4n) is 1.27. The Labute approximate surface area is 99.7 Å². The van der Waals surface area contributed by atoms with Crippen LogP contribution in [0.5, 0.6) is 0 Å². The smallest absolute Gasteiger partial charge is 0.193 e. The number of nitrogens with two attached hydrogens (primary N) is 1. The zero-order valence-electron chi connectivity index (χ0n) is 10.4. The van der Waals surface area contributed by atoms with Crippen molar-refractivity contribution < 1.29 is 8.78 Å². The van der Waals surface area contributed by atoms with E-state index in [0.717, 1.165) is 12.1 Å². The lowest BCUT2D eigenvalue weighted by Gasteiger charge is -2.15. The van der Waals surface area contributed by atoms with E-state index in [2.05, 4.69) is 10.3 Å². The summed E-state index contributed by atoms with van der Waals surface area (Å²) in [5, 5.41) is 2.55. The maximum absolute atomic E-state index is 13.5. The molecule has 0 spiro atoms. The second-order valence-electron chi connectivity index (χ2n) is 4.87. The van der Waals surface area contributed by atoms with Crippen LogP contribution in [-0.2, 0) is 0 Å². The summed E-state index contributed by atoms with van der Waals surface area (Å²) in [4.78, 5) is 4.09. The van der Waals surface area contributed by atoms with Gasteiger partial charge in [0.05, 0.1) is 11.2 Å². The van der Waals surface area contributed by atoms with E-state index in [1.165, 1.54) is 6.92 Å². The Hall–Kier alpha value is -1.65. The Morgan fingerprint density at radius 1 is 1.24 bits per heavy atom. The summed E-state index contributed by atoms with van der Waals surface area (Å²) >= 11 is 0. The minimum absolute atomic E-state index is 0.0152. The van der Waals surface area contributed by atoms with Crippen molar-refractivity contribution in [3.63, 3.8) is 0 Å². The second kappa shape index (κ2) is 4.69. The van der Waals surface area contributed by atoms with Crippen LogP contribution in [0.3, 0.4) is 0 Å². The highest BCUT2D eigenvalue weighted by Gasteiger charge is 2.11. The zero-order chi connectivity index (χ0) is 13.2. The van der Waals surface area contributed by atoms with Crippen molar-refractivity contribution in [3.8, 4) is 0 Å². The van der Waals surface area contributed by atoms with E-state index in [0.29, 0.717) is 0 Å². The number of hydrogen-bond acceptors (Lipinski definition) is 1. The zero-order valence-corrected chi connectivity index (χ0v) is 10.4. The molecule has 0 fully saturated rings. The molecular formula is C12H17F2N3. The normalized spacial score (nSPS) is 12.7. The maximum Gasteiger partial charge on any atom is 0.193 e. The van der Waals surface area contributed by atoms with E-state index in [9.17, 15) is 8.78 Å². The van der Waals surface area contributed by atoms with Crippen molar-refractivity contribution in [3.05, 3.63) is 29.3 Å². The number of anilines is 1. The van der Waals surface area contributed by atoms with Gasteiger partial charge in [0.1, 0.15) is 11.6 Å². The highest BCUT2D eigenvalue weighted by Crippen LogP contribution is 2.18. The van der Waals surface area contributed by atoms with Gasteiger partial charge in [-0.3, -0.25) is 0 Å². The van der Waals surface area contributed by atoms with E-state index in [1.807, 2.05) is 20.8 Å². The van der Waals surface area contributed by atoms with Gasteiger partial charge in [0.25, 0.3) is 0 Å². The molecule has 0 aliphatic carbocycles. The molecule has 1 aromatic rings. The third-order valence-electron chi connectivity index (χ3n) is 1.97. The number of guanidine groups is 1. The SMILES string of the molecule is Cc1cc(F)c(NC(N)=NC(C)(C)C)cc1F. The second-order valence-corrected chi connectivity index (χ2v) is 4.87. The lowest BCUT2D eigenvalue weighted by Crippen LogP contribution is -2.27. The minimum atomic E-state index is -0.559. The van der Waals surface area contributed by atoms with Gasteiger partial charge in [-0.1, -0.05) is 0 Å². The molecule has 1 rings (SSSR count). The molecule has 0 unspecified atom stereocenters. The van der Waals surface area contributed by atoms with Gasteiger partial charge in [-0.2, -0.15) is 0 Å². The lowest BCUT2D eigenvalue weighted by molar-refractivity contribution is 0.582. The molecule has 0 saturated carbocycles. The molecule has 0 aliphatic heterocycles. The highest BCUT2D eigenvalue weighted by molar-refractivity contribution is 5.92. The van der Waals surface area contributed by atoms with Gasteiger partial charge in [0.2, 0.25) is 0 Å². The molecule has 1 aromatic carbocycles. The van der Waals surface area contributed by atoms with Crippen molar-refractivity contribution >= 4 is 11.6 Å². The summed E-state index contributed by atoms with van der Waals surface area (Å²) in [7, 11) is 0. The standard InChI is InChI=1S/C12H17F2N3/c1-7-5-9(14)10(6-8(7)13)16-11(15)17-12(2,3)4/h5-6H,1-4H3,(H3,15,16,17). The van der Waals surface area contributed by atoms with Crippen molar-refractivity contribution in [1.29, 1.82) is 0 Å². The van der Waals surface area contributed by atoms with Crippen LogP contribution in [-0.4, -0.2) is 11.5 Å². The summed E-state index contributed by atoms with van der Waals surface area (Å²) in [6.45, 7) is 7.06. The number of nitrogens with one attached hydrogen (secondary N) is 1. The van der Waals surface area contributed by atoms with E-state index in [-0.39, 0.29) is 22.7 Å². The lowest BCUT2D eigenvalue weighted by atomic mass is 10.1. The monoisotopic (exact) mass is 241 g/mol. The summed E-state index contributed by atoms with van der Waals surface area (Å²) in [6, 6.07) is 2.18. The number of halogens is 2. The topological polar surface area (TPSA) is 50.4 Å². The van der Waals surface area contributed by atoms with Crippen LogP contribution in [0.4, 0.5) is 14.5 Å². The molecule has 0 amide bonds. The molecule has 0 saturated heterocycles. The van der Waals surface area contributed by atoms with Crippen LogP contribution >= 0.6 is 0 Å². The number of nitrogens with zero attached hydrogens (tertiary/aromatic N) is 1. The van der Waals surface area contributed by atoms with E-state index < -0.39 is 11.6 Å². The number of hydrogen-bond donors (Lipinski definition) is 2. The molecule has 0 aliphatic rings. The van der Waals surface area contributed by atoms with Gasteiger partial charge in [-0.05, 0) is 39.3 Å². The van der Waals surface area contributed by atoms with E-state index >= 15 is 0 Å². The van der Waals surface area contributed by atoms with Crippen molar-refractivity contribution in [2.45, 2.75) is 33.2 Å². The average molecular weight is 241 g/mol. The molecule has 3 nitrogen and oxygen atoms in total. The quantitative estimate of drug-likeness (QED) is 0.586. The van der Waals surface area contributed by atoms with Gasteiger partial charge >= 0.3 is 0 Å². The number of benzene rings is 1. The first-order valence-corrected chi connectivity index (χ1v) is 5.27. The number of aryl methyl sites for hydroxylation is 1. The summed E-state index contributed by atoms with van der Waals surface area (Å²) in [5.74, 6) is -0.993. The van der Waals surface area contributed by atoms with Crippen molar-refractivity contribution in [1.82, 2.24) is 0 Å². The van der Waals surface area contributed by atoms with Gasteiger partial charge < -0.3 is 11.1 Å². The van der Waals surface area contributed by atoms with Crippen LogP contribution < -0.4 is 11.1 Å². The molecule has 94 valence electrons. The van der Waals surface area contributed by atoms with Crippen molar-refractivity contribution in [2.75, 3.05) is 5.32 Å². The van der Waals surface area contributed by atoms with Gasteiger partial charge in [0.15, 0.2) is 5.96 Å². The molecule has 0 bridgehead atoms. The fourth-order valence-corrected chi connectivity index (χ4v) is 1.27. The predicted molar refractivity (Wildman–Crippen MR) is 66.1 cm³/mol. The minimum Gasteiger partial charge on any atom is -0.370 e. The van der Waals surface area contributed by atoms with Gasteiger partial charge in [0, 0.05) is 6.07 Å². The molecule has 17 heavy (non-hydrogen) atoms. The molecule has 0 atom stereocenters. The van der Waals surface area contributed by atoms with Gasteiger partial charge in [-0.15, -0.1) is 0 Å². The fraction of sp³-hybridized carbons (Fsp3) is 0.417. The first-order chi connectivity index (χ1) is 7.69. The Kier molecular flexibility index (Phi) is 3.70. The summed E-state index contributed by atoms with van der Waals surface area (Å²) < 4.78 is 26.7. The number of aliphatic imine (C=N–C) groups is 1. The number of rotatable bonds is 1. The first kappa shape index (κ1) is 13.4. The largest absolute Gasteiger partial charge is 0.370 e. The van der Waals surface area contributed by atoms with Crippen LogP contribution in [0.1, 0.15) is 26.3 Å². The molecule has 0 aromatic heterocycles. The van der Waals surface area contributed by atoms with E-state index in [1.54, 1.807) is 0 Å². The molecular weight excluding hydrogens is 224 g/mol. The summed E-state index contributed by atoms with van der Waals surface area (Å²) in [5.41, 5.74) is 5.45. The Balaban J connectivity index is 2.97. The first-order valence-electron chi connectivity index (χ1n) is 5.27. The Morgan fingerprint density at radius 2 is 1.82 bits per heavy atom. The molecule has 5 heteroatoms. The van der Waals surface area contributed by atoms with Crippen LogP contribution in [0, 0.1) is 18.6 Å². The maximum atomic E-state index is 13.5. The highest BCUT2D eigenvalue weighted by atomic mass is 19.1. The van der Waals surface area contributed by atoms with Crippen LogP contribution in [0.2, 0.25) is 0 Å².